The number of nitrogens with zero attached hydrogens (tertiary/aromatic N) is 3. The molecule has 0 bridgehead atoms. The first-order chi connectivity index (χ1) is 9.09. The largest absolute Gasteiger partial charge is 0.295 e. The van der Waals surface area contributed by atoms with Gasteiger partial charge in [-0.2, -0.15) is 5.10 Å². The molecule has 2 heterocycles. The van der Waals surface area contributed by atoms with Gasteiger partial charge in [0.2, 0.25) is 0 Å². The van der Waals surface area contributed by atoms with Crippen LogP contribution in [0.15, 0.2) is 24.4 Å². The zero-order valence-electron chi connectivity index (χ0n) is 11.3. The molecule has 3 rings (SSSR count). The third-order valence-electron chi connectivity index (χ3n) is 4.11. The number of aromatic nitrogens is 4. The van der Waals surface area contributed by atoms with Crippen molar-refractivity contribution in [3.8, 4) is 11.5 Å². The third kappa shape index (κ3) is 2.12. The average molecular weight is 274 g/mol. The molecule has 0 amide bonds. The Labute approximate surface area is 117 Å². The van der Waals surface area contributed by atoms with Crippen molar-refractivity contribution < 1.29 is 0 Å². The molecular weight excluding hydrogens is 256 g/mol. The van der Waals surface area contributed by atoms with E-state index in [4.69, 9.17) is 12.2 Å². The smallest absolute Gasteiger partial charge is 0.195 e. The van der Waals surface area contributed by atoms with Gasteiger partial charge in [0, 0.05) is 12.2 Å². The maximum absolute atomic E-state index is 5.43. The van der Waals surface area contributed by atoms with Crippen LogP contribution in [0.5, 0.6) is 0 Å². The second-order valence-corrected chi connectivity index (χ2v) is 6.22. The van der Waals surface area contributed by atoms with Gasteiger partial charge < -0.3 is 0 Å². The van der Waals surface area contributed by atoms with Gasteiger partial charge in [0.25, 0.3) is 0 Å². The molecule has 100 valence electrons. The van der Waals surface area contributed by atoms with Crippen molar-refractivity contribution in [3.05, 3.63) is 29.2 Å². The lowest BCUT2D eigenvalue weighted by molar-refractivity contribution is 0.260. The Morgan fingerprint density at radius 1 is 1.42 bits per heavy atom. The minimum Gasteiger partial charge on any atom is -0.295 e. The van der Waals surface area contributed by atoms with Crippen molar-refractivity contribution in [3.63, 3.8) is 0 Å². The lowest BCUT2D eigenvalue weighted by Gasteiger charge is -2.28. The van der Waals surface area contributed by atoms with Crippen molar-refractivity contribution in [2.24, 2.45) is 5.41 Å². The van der Waals surface area contributed by atoms with E-state index >= 15 is 0 Å². The van der Waals surface area contributed by atoms with Gasteiger partial charge in [0.1, 0.15) is 5.69 Å². The lowest BCUT2D eigenvalue weighted by Crippen LogP contribution is -2.22. The molecule has 4 nitrogen and oxygen atoms in total. The zero-order chi connectivity index (χ0) is 13.5. The summed E-state index contributed by atoms with van der Waals surface area (Å²) in [6.45, 7) is 4.61. The molecule has 1 N–H and O–H groups in total. The van der Waals surface area contributed by atoms with Crippen molar-refractivity contribution in [1.82, 2.24) is 19.7 Å². The standard InChI is InChI=1S/C14H18N4S/c1-14(2)8-5-7-11(14)18-12(16-17-13(18)19)10-6-3-4-9-15-10/h3-4,6,9,11H,5,7-8H2,1-2H3,(H,17,19). The number of hydrogen-bond acceptors (Lipinski definition) is 3. The summed E-state index contributed by atoms with van der Waals surface area (Å²) in [5.74, 6) is 0.852. The molecule has 0 aromatic carbocycles. The van der Waals surface area contributed by atoms with Gasteiger partial charge in [-0.1, -0.05) is 26.3 Å². The molecule has 1 atom stereocenters. The van der Waals surface area contributed by atoms with E-state index in [1.54, 1.807) is 6.20 Å². The molecule has 1 aliphatic rings. The number of nitrogens with one attached hydrogen (secondary N) is 1. The Morgan fingerprint density at radius 2 is 2.26 bits per heavy atom. The van der Waals surface area contributed by atoms with Gasteiger partial charge in [-0.25, -0.2) is 0 Å². The first kappa shape index (κ1) is 12.5. The minimum atomic E-state index is 0.256. The van der Waals surface area contributed by atoms with Gasteiger partial charge in [0.15, 0.2) is 10.6 Å². The van der Waals surface area contributed by atoms with Crippen LogP contribution in [-0.2, 0) is 0 Å². The van der Waals surface area contributed by atoms with Crippen molar-refractivity contribution >= 4 is 12.2 Å². The highest BCUT2D eigenvalue weighted by molar-refractivity contribution is 7.71. The van der Waals surface area contributed by atoms with E-state index in [0.717, 1.165) is 17.9 Å². The van der Waals surface area contributed by atoms with Crippen LogP contribution in [0.2, 0.25) is 0 Å². The predicted octanol–water partition coefficient (Wildman–Crippen LogP) is 3.75. The number of rotatable bonds is 2. The molecule has 1 aliphatic carbocycles. The number of pyridine rings is 1. The Hall–Kier alpha value is -1.49. The molecule has 2 aromatic rings. The Kier molecular flexibility index (Phi) is 3.01. The van der Waals surface area contributed by atoms with Crippen LogP contribution >= 0.6 is 12.2 Å². The first-order valence-corrected chi connectivity index (χ1v) is 7.09. The van der Waals surface area contributed by atoms with E-state index < -0.39 is 0 Å². The van der Waals surface area contributed by atoms with E-state index in [0.29, 0.717) is 10.8 Å². The first-order valence-electron chi connectivity index (χ1n) is 6.68. The Bertz CT molecular complexity index is 626. The van der Waals surface area contributed by atoms with Crippen molar-refractivity contribution in [1.29, 1.82) is 0 Å². The fourth-order valence-electron chi connectivity index (χ4n) is 3.06. The van der Waals surface area contributed by atoms with Gasteiger partial charge in [-0.15, -0.1) is 0 Å². The third-order valence-corrected chi connectivity index (χ3v) is 4.40. The lowest BCUT2D eigenvalue weighted by atomic mass is 9.87. The zero-order valence-corrected chi connectivity index (χ0v) is 12.1. The fraction of sp³-hybridized carbons (Fsp3) is 0.500. The summed E-state index contributed by atoms with van der Waals surface area (Å²) in [6.07, 6.45) is 5.41. The second kappa shape index (κ2) is 4.56. The summed E-state index contributed by atoms with van der Waals surface area (Å²) in [7, 11) is 0. The number of aromatic amines is 1. The summed E-state index contributed by atoms with van der Waals surface area (Å²) < 4.78 is 2.85. The maximum atomic E-state index is 5.43. The summed E-state index contributed by atoms with van der Waals surface area (Å²) in [5, 5.41) is 7.31. The van der Waals surface area contributed by atoms with Crippen LogP contribution in [0, 0.1) is 10.2 Å². The molecule has 0 aliphatic heterocycles. The molecule has 1 fully saturated rings. The van der Waals surface area contributed by atoms with Crippen molar-refractivity contribution in [2.75, 3.05) is 0 Å². The van der Waals surface area contributed by atoms with Gasteiger partial charge in [-0.05, 0) is 42.6 Å². The van der Waals surface area contributed by atoms with Crippen LogP contribution in [0.4, 0.5) is 0 Å². The van der Waals surface area contributed by atoms with E-state index in [1.807, 2.05) is 18.2 Å². The van der Waals surface area contributed by atoms with Crippen LogP contribution < -0.4 is 0 Å². The number of H-pyrrole nitrogens is 1. The van der Waals surface area contributed by atoms with Crippen molar-refractivity contribution in [2.45, 2.75) is 39.2 Å². The topological polar surface area (TPSA) is 46.5 Å². The summed E-state index contributed by atoms with van der Waals surface area (Å²) in [5.41, 5.74) is 1.13. The van der Waals surface area contributed by atoms with E-state index in [1.165, 1.54) is 12.8 Å². The quantitative estimate of drug-likeness (QED) is 0.848. The average Bonchev–Trinajstić information content (AvgIpc) is 2.93. The molecule has 0 radical (unpaired) electrons. The van der Waals surface area contributed by atoms with Crippen LogP contribution in [-0.4, -0.2) is 19.7 Å². The molecule has 1 saturated carbocycles. The van der Waals surface area contributed by atoms with E-state index in [2.05, 4.69) is 33.6 Å². The number of hydrogen-bond donors (Lipinski definition) is 1. The van der Waals surface area contributed by atoms with Crippen LogP contribution in [0.25, 0.3) is 11.5 Å². The highest BCUT2D eigenvalue weighted by Gasteiger charge is 2.37. The highest BCUT2D eigenvalue weighted by atomic mass is 32.1. The summed E-state index contributed by atoms with van der Waals surface area (Å²) >= 11 is 5.43. The summed E-state index contributed by atoms with van der Waals surface area (Å²) in [6, 6.07) is 6.26. The highest BCUT2D eigenvalue weighted by Crippen LogP contribution is 2.46. The minimum absolute atomic E-state index is 0.256. The van der Waals surface area contributed by atoms with Crippen LogP contribution in [0.1, 0.15) is 39.2 Å². The fourth-order valence-corrected chi connectivity index (χ4v) is 3.32. The van der Waals surface area contributed by atoms with Crippen LogP contribution in [0.3, 0.4) is 0 Å². The van der Waals surface area contributed by atoms with Gasteiger partial charge in [0.05, 0.1) is 0 Å². The predicted molar refractivity (Wildman–Crippen MR) is 77.3 cm³/mol. The molecule has 2 aromatic heterocycles. The maximum Gasteiger partial charge on any atom is 0.195 e. The molecular formula is C14H18N4S. The molecule has 0 saturated heterocycles. The van der Waals surface area contributed by atoms with Gasteiger partial charge in [-0.3, -0.25) is 14.6 Å². The van der Waals surface area contributed by atoms with E-state index in [9.17, 15) is 0 Å². The second-order valence-electron chi connectivity index (χ2n) is 5.83. The molecule has 0 spiro atoms. The SMILES string of the molecule is CC1(C)CCCC1n1c(-c2ccccn2)n[nH]c1=S. The Balaban J connectivity index is 2.12. The van der Waals surface area contributed by atoms with E-state index in [-0.39, 0.29) is 5.41 Å². The monoisotopic (exact) mass is 274 g/mol. The molecule has 19 heavy (non-hydrogen) atoms. The molecule has 1 unspecified atom stereocenters. The summed E-state index contributed by atoms with van der Waals surface area (Å²) in [4.78, 5) is 4.39. The normalized spacial score (nSPS) is 21.7. The molecule has 5 heteroatoms. The van der Waals surface area contributed by atoms with Gasteiger partial charge >= 0.3 is 0 Å². The Morgan fingerprint density at radius 3 is 2.89 bits per heavy atom.